The first-order chi connectivity index (χ1) is 8.57. The van der Waals surface area contributed by atoms with Gasteiger partial charge >= 0.3 is 5.69 Å². The van der Waals surface area contributed by atoms with E-state index in [4.69, 9.17) is 30.0 Å². The maximum Gasteiger partial charge on any atom is 0.310 e. The Morgan fingerprint density at radius 2 is 1.47 bits per heavy atom. The number of benzene rings is 1. The van der Waals surface area contributed by atoms with E-state index in [1.807, 2.05) is 0 Å². The molecule has 1 aromatic carbocycles. The quantitative estimate of drug-likeness (QED) is 0.439. The lowest BCUT2D eigenvalue weighted by Gasteiger charge is -1.94. The summed E-state index contributed by atoms with van der Waals surface area (Å²) in [4.78, 5) is 27.4. The first-order valence-electron chi connectivity index (χ1n) is 4.63. The van der Waals surface area contributed by atoms with Crippen LogP contribution in [0.3, 0.4) is 0 Å². The molecule has 0 aliphatic carbocycles. The standard InChI is InChI=1S/C6H5NO4.2C2H4O2/c8-4-1-2-5(7(10)11)6(9)3-4;2*1-2(3)4/h1-3,8-9H;2*1H3,(H,3,4). The number of nitro benzene ring substituents is 1. The summed E-state index contributed by atoms with van der Waals surface area (Å²) < 4.78 is 0. The van der Waals surface area contributed by atoms with Gasteiger partial charge in [0.2, 0.25) is 0 Å². The van der Waals surface area contributed by atoms with Crippen molar-refractivity contribution in [1.82, 2.24) is 0 Å². The minimum absolute atomic E-state index is 0.201. The summed E-state index contributed by atoms with van der Waals surface area (Å²) in [6, 6.07) is 3.08. The Bertz CT molecular complexity index is 437. The number of phenolic OH excluding ortho intramolecular Hbond substituents is 2. The number of hydrogen-bond donors (Lipinski definition) is 4. The zero-order valence-corrected chi connectivity index (χ0v) is 10.1. The Kier molecular flexibility index (Phi) is 8.99. The van der Waals surface area contributed by atoms with Crippen molar-refractivity contribution in [1.29, 1.82) is 0 Å². The lowest BCUT2D eigenvalue weighted by atomic mass is 10.3. The predicted octanol–water partition coefficient (Wildman–Crippen LogP) is 1.19. The van der Waals surface area contributed by atoms with Crippen LogP contribution in [0, 0.1) is 10.1 Å². The number of carboxylic acid groups (broad SMARTS) is 2. The van der Waals surface area contributed by atoms with E-state index in [9.17, 15) is 10.1 Å². The van der Waals surface area contributed by atoms with E-state index < -0.39 is 28.3 Å². The summed E-state index contributed by atoms with van der Waals surface area (Å²) in [5, 5.41) is 42.5. The molecule has 4 N–H and O–H groups in total. The number of nitrogens with zero attached hydrogens (tertiary/aromatic N) is 1. The van der Waals surface area contributed by atoms with Gasteiger partial charge in [-0.2, -0.15) is 0 Å². The summed E-state index contributed by atoms with van der Waals surface area (Å²) in [5.41, 5.74) is -0.414. The summed E-state index contributed by atoms with van der Waals surface area (Å²) >= 11 is 0. The molecule has 0 amide bonds. The zero-order valence-electron chi connectivity index (χ0n) is 10.1. The monoisotopic (exact) mass is 275 g/mol. The molecule has 0 radical (unpaired) electrons. The molecule has 0 aliphatic heterocycles. The topological polar surface area (TPSA) is 158 Å². The Morgan fingerprint density at radius 3 is 1.74 bits per heavy atom. The number of aromatic hydroxyl groups is 2. The molecule has 19 heavy (non-hydrogen) atoms. The Morgan fingerprint density at radius 1 is 1.11 bits per heavy atom. The van der Waals surface area contributed by atoms with E-state index in [-0.39, 0.29) is 5.75 Å². The molecule has 106 valence electrons. The van der Waals surface area contributed by atoms with Crippen molar-refractivity contribution in [3.63, 3.8) is 0 Å². The van der Waals surface area contributed by atoms with Crippen LogP contribution in [-0.2, 0) is 9.59 Å². The van der Waals surface area contributed by atoms with E-state index in [0.29, 0.717) is 0 Å². The molecule has 0 spiro atoms. The summed E-state index contributed by atoms with van der Waals surface area (Å²) in [6.45, 7) is 2.17. The number of phenols is 2. The molecule has 0 saturated carbocycles. The van der Waals surface area contributed by atoms with Crippen molar-refractivity contribution in [3.05, 3.63) is 28.3 Å². The van der Waals surface area contributed by atoms with Gasteiger partial charge in [0.05, 0.1) is 4.92 Å². The highest BCUT2D eigenvalue weighted by atomic mass is 16.6. The van der Waals surface area contributed by atoms with Crippen molar-refractivity contribution in [2.75, 3.05) is 0 Å². The predicted molar refractivity (Wildman–Crippen MR) is 63.0 cm³/mol. The average Bonchev–Trinajstić information content (AvgIpc) is 2.14. The van der Waals surface area contributed by atoms with Crippen LogP contribution in [0.2, 0.25) is 0 Å². The number of aliphatic carboxylic acids is 2. The van der Waals surface area contributed by atoms with E-state index in [2.05, 4.69) is 0 Å². The zero-order chi connectivity index (χ0) is 15.6. The van der Waals surface area contributed by atoms with Crippen molar-refractivity contribution in [2.24, 2.45) is 0 Å². The molecule has 0 unspecified atom stereocenters. The Labute approximate surface area is 107 Å². The molecule has 9 heteroatoms. The molecule has 0 aliphatic rings. The smallest absolute Gasteiger partial charge is 0.310 e. The van der Waals surface area contributed by atoms with Crippen LogP contribution < -0.4 is 0 Å². The van der Waals surface area contributed by atoms with Crippen molar-refractivity contribution < 1.29 is 34.9 Å². The number of hydrogen-bond acceptors (Lipinski definition) is 6. The normalized spacial score (nSPS) is 8.11. The molecular formula is C10H13NO8. The van der Waals surface area contributed by atoms with E-state index in [1.54, 1.807) is 0 Å². The molecule has 9 nitrogen and oxygen atoms in total. The summed E-state index contributed by atoms with van der Waals surface area (Å²) in [5.74, 6) is -2.40. The lowest BCUT2D eigenvalue weighted by Crippen LogP contribution is -1.87. The first-order valence-corrected chi connectivity index (χ1v) is 4.63. The van der Waals surface area contributed by atoms with Crippen molar-refractivity contribution in [2.45, 2.75) is 13.8 Å². The van der Waals surface area contributed by atoms with Crippen LogP contribution in [0.25, 0.3) is 0 Å². The van der Waals surface area contributed by atoms with Crippen molar-refractivity contribution in [3.8, 4) is 11.5 Å². The third kappa shape index (κ3) is 13.1. The highest BCUT2D eigenvalue weighted by Crippen LogP contribution is 2.28. The van der Waals surface area contributed by atoms with E-state index >= 15 is 0 Å². The van der Waals surface area contributed by atoms with Crippen LogP contribution in [-0.4, -0.2) is 37.3 Å². The maximum absolute atomic E-state index is 10.1. The SMILES string of the molecule is CC(=O)O.CC(=O)O.O=[N+]([O-])c1ccc(O)cc1O. The van der Waals surface area contributed by atoms with Crippen LogP contribution in [0.4, 0.5) is 5.69 Å². The fraction of sp³-hybridized carbons (Fsp3) is 0.200. The molecule has 1 rings (SSSR count). The third-order valence-corrected chi connectivity index (χ3v) is 1.16. The molecule has 0 bridgehead atoms. The van der Waals surface area contributed by atoms with E-state index in [0.717, 1.165) is 32.0 Å². The molecule has 0 aromatic heterocycles. The second-order valence-corrected chi connectivity index (χ2v) is 2.97. The number of rotatable bonds is 1. The third-order valence-electron chi connectivity index (χ3n) is 1.16. The minimum Gasteiger partial charge on any atom is -0.508 e. The molecule has 0 heterocycles. The lowest BCUT2D eigenvalue weighted by molar-refractivity contribution is -0.385. The fourth-order valence-corrected chi connectivity index (χ4v) is 0.666. The Hall–Kier alpha value is -2.84. The maximum atomic E-state index is 10.1. The van der Waals surface area contributed by atoms with E-state index in [1.165, 1.54) is 0 Å². The largest absolute Gasteiger partial charge is 0.508 e. The molecule has 0 atom stereocenters. The van der Waals surface area contributed by atoms with Gasteiger partial charge in [0.1, 0.15) is 5.75 Å². The molecule has 1 aromatic rings. The second-order valence-electron chi connectivity index (χ2n) is 2.97. The highest BCUT2D eigenvalue weighted by molar-refractivity contribution is 5.63. The summed E-state index contributed by atoms with van der Waals surface area (Å²) in [6.07, 6.45) is 0. The number of carbonyl (C=O) groups is 2. The van der Waals surface area contributed by atoms with Gasteiger partial charge in [-0.25, -0.2) is 0 Å². The molecule has 0 saturated heterocycles. The average molecular weight is 275 g/mol. The van der Waals surface area contributed by atoms with Crippen LogP contribution >= 0.6 is 0 Å². The van der Waals surface area contributed by atoms with Gasteiger partial charge in [-0.3, -0.25) is 19.7 Å². The van der Waals surface area contributed by atoms with Gasteiger partial charge in [0.15, 0.2) is 5.75 Å². The van der Waals surface area contributed by atoms with Crippen LogP contribution in [0.15, 0.2) is 18.2 Å². The van der Waals surface area contributed by atoms with Gasteiger partial charge in [0.25, 0.3) is 11.9 Å². The molecular weight excluding hydrogens is 262 g/mol. The van der Waals surface area contributed by atoms with Crippen LogP contribution in [0.5, 0.6) is 11.5 Å². The Balaban J connectivity index is 0. The first kappa shape index (κ1) is 18.5. The highest BCUT2D eigenvalue weighted by Gasteiger charge is 2.11. The van der Waals surface area contributed by atoms with Gasteiger partial charge in [0, 0.05) is 26.0 Å². The van der Waals surface area contributed by atoms with Crippen LogP contribution in [0.1, 0.15) is 13.8 Å². The van der Waals surface area contributed by atoms with Gasteiger partial charge < -0.3 is 20.4 Å². The fourth-order valence-electron chi connectivity index (χ4n) is 0.666. The number of carboxylic acids is 2. The van der Waals surface area contributed by atoms with Gasteiger partial charge in [-0.1, -0.05) is 0 Å². The van der Waals surface area contributed by atoms with Crippen molar-refractivity contribution >= 4 is 17.6 Å². The van der Waals surface area contributed by atoms with Gasteiger partial charge in [-0.05, 0) is 6.07 Å². The molecule has 0 fully saturated rings. The minimum atomic E-state index is -0.833. The second kappa shape index (κ2) is 9.22. The number of nitro groups is 1. The van der Waals surface area contributed by atoms with Gasteiger partial charge in [-0.15, -0.1) is 0 Å². The summed E-state index contributed by atoms with van der Waals surface area (Å²) in [7, 11) is 0.